The molecule has 1 aliphatic carbocycles. The van der Waals surface area contributed by atoms with Gasteiger partial charge in [-0.3, -0.25) is 4.79 Å². The van der Waals surface area contributed by atoms with Gasteiger partial charge in [-0.1, -0.05) is 43.2 Å². The zero-order valence-corrected chi connectivity index (χ0v) is 15.1. The first-order chi connectivity index (χ1) is 12.9. The predicted molar refractivity (Wildman–Crippen MR) is 97.8 cm³/mol. The van der Waals surface area contributed by atoms with Crippen LogP contribution >= 0.6 is 0 Å². The van der Waals surface area contributed by atoms with Crippen LogP contribution in [0.4, 0.5) is 18.9 Å². The van der Waals surface area contributed by atoms with Crippen molar-refractivity contribution >= 4 is 11.6 Å². The van der Waals surface area contributed by atoms with Crippen molar-refractivity contribution in [2.75, 3.05) is 12.4 Å². The molecule has 3 rings (SSSR count). The molecule has 0 aliphatic heterocycles. The van der Waals surface area contributed by atoms with Crippen molar-refractivity contribution in [1.29, 1.82) is 0 Å². The van der Waals surface area contributed by atoms with Crippen LogP contribution in [0.1, 0.15) is 42.7 Å². The number of alkyl halides is 3. The highest BCUT2D eigenvalue weighted by Crippen LogP contribution is 2.39. The number of halogens is 3. The van der Waals surface area contributed by atoms with E-state index < -0.39 is 11.7 Å². The Labute approximate surface area is 156 Å². The number of methoxy groups -OCH3 is 1. The van der Waals surface area contributed by atoms with Crippen molar-refractivity contribution in [2.24, 2.45) is 5.92 Å². The maximum Gasteiger partial charge on any atom is 0.416 e. The molecular weight excluding hydrogens is 355 g/mol. The number of benzene rings is 2. The van der Waals surface area contributed by atoms with E-state index in [-0.39, 0.29) is 29.2 Å². The minimum Gasteiger partial charge on any atom is -0.497 e. The summed E-state index contributed by atoms with van der Waals surface area (Å²) >= 11 is 0. The van der Waals surface area contributed by atoms with Crippen molar-refractivity contribution in [2.45, 2.75) is 37.8 Å². The Morgan fingerprint density at radius 1 is 1.11 bits per heavy atom. The summed E-state index contributed by atoms with van der Waals surface area (Å²) < 4.78 is 44.3. The van der Waals surface area contributed by atoms with Gasteiger partial charge in [-0.05, 0) is 36.5 Å². The lowest BCUT2D eigenvalue weighted by Gasteiger charge is -2.23. The van der Waals surface area contributed by atoms with E-state index in [1.807, 2.05) is 30.3 Å². The Balaban J connectivity index is 1.89. The van der Waals surface area contributed by atoms with Gasteiger partial charge < -0.3 is 10.1 Å². The fraction of sp³-hybridized carbons (Fsp3) is 0.381. The van der Waals surface area contributed by atoms with Crippen LogP contribution in [0.15, 0.2) is 48.5 Å². The zero-order chi connectivity index (χ0) is 19.4. The van der Waals surface area contributed by atoms with Gasteiger partial charge in [0, 0.05) is 11.8 Å². The number of carbonyl (C=O) groups excluding carboxylic acids is 1. The van der Waals surface area contributed by atoms with Crippen molar-refractivity contribution in [3.63, 3.8) is 0 Å². The maximum atomic E-state index is 13.1. The molecule has 0 unspecified atom stereocenters. The van der Waals surface area contributed by atoms with E-state index in [1.165, 1.54) is 13.2 Å². The molecule has 0 radical (unpaired) electrons. The summed E-state index contributed by atoms with van der Waals surface area (Å²) in [5.74, 6) is -0.416. The SMILES string of the molecule is COc1cc(NC(=O)[C@@H](c2ccccc2)C2CCCC2)cc(C(F)(F)F)c1. The Kier molecular flexibility index (Phi) is 5.73. The number of hydrogen-bond acceptors (Lipinski definition) is 2. The number of ether oxygens (including phenoxy) is 1. The highest BCUT2D eigenvalue weighted by Gasteiger charge is 2.34. The standard InChI is InChI=1S/C21H22F3NO2/c1-27-18-12-16(21(22,23)24)11-17(13-18)25-20(26)19(15-9-5-6-10-15)14-7-3-2-4-8-14/h2-4,7-8,11-13,15,19H,5-6,9-10H2,1H3,(H,25,26)/t19-/m0/s1. The molecule has 1 N–H and O–H groups in total. The number of nitrogens with one attached hydrogen (secondary N) is 1. The van der Waals surface area contributed by atoms with Crippen LogP contribution in [0.5, 0.6) is 5.75 Å². The van der Waals surface area contributed by atoms with Crippen LogP contribution in [-0.4, -0.2) is 13.0 Å². The summed E-state index contributed by atoms with van der Waals surface area (Å²) in [6.45, 7) is 0. The van der Waals surface area contributed by atoms with Gasteiger partial charge in [0.2, 0.25) is 5.91 Å². The molecule has 0 heterocycles. The van der Waals surface area contributed by atoms with E-state index >= 15 is 0 Å². The highest BCUT2D eigenvalue weighted by molar-refractivity contribution is 5.96. The quantitative estimate of drug-likeness (QED) is 0.734. The molecule has 0 saturated heterocycles. The Bertz CT molecular complexity index is 784. The number of hydrogen-bond donors (Lipinski definition) is 1. The van der Waals surface area contributed by atoms with E-state index in [0.29, 0.717) is 0 Å². The largest absolute Gasteiger partial charge is 0.497 e. The molecule has 2 aromatic carbocycles. The summed E-state index contributed by atoms with van der Waals surface area (Å²) in [6, 6.07) is 12.7. The van der Waals surface area contributed by atoms with Gasteiger partial charge in [0.1, 0.15) is 5.75 Å². The fourth-order valence-corrected chi connectivity index (χ4v) is 3.76. The first kappa shape index (κ1) is 19.3. The molecule has 1 saturated carbocycles. The van der Waals surface area contributed by atoms with E-state index in [4.69, 9.17) is 4.74 Å². The minimum atomic E-state index is -4.52. The molecule has 3 nitrogen and oxygen atoms in total. The zero-order valence-electron chi connectivity index (χ0n) is 15.1. The van der Waals surface area contributed by atoms with E-state index in [0.717, 1.165) is 43.4 Å². The van der Waals surface area contributed by atoms with Gasteiger partial charge in [0.15, 0.2) is 0 Å². The molecule has 144 valence electrons. The summed E-state index contributed by atoms with van der Waals surface area (Å²) in [4.78, 5) is 13.0. The summed E-state index contributed by atoms with van der Waals surface area (Å²) in [6.07, 6.45) is -0.493. The number of anilines is 1. The van der Waals surface area contributed by atoms with Gasteiger partial charge in [-0.15, -0.1) is 0 Å². The lowest BCUT2D eigenvalue weighted by Crippen LogP contribution is -2.26. The summed E-state index contributed by atoms with van der Waals surface area (Å²) in [5.41, 5.74) is 0.126. The van der Waals surface area contributed by atoms with Crippen LogP contribution in [0.25, 0.3) is 0 Å². The second-order valence-electron chi connectivity index (χ2n) is 6.87. The Morgan fingerprint density at radius 3 is 2.37 bits per heavy atom. The van der Waals surface area contributed by atoms with Gasteiger partial charge >= 0.3 is 6.18 Å². The highest BCUT2D eigenvalue weighted by atomic mass is 19.4. The predicted octanol–water partition coefficient (Wildman–Crippen LogP) is 5.63. The summed E-state index contributed by atoms with van der Waals surface area (Å²) in [5, 5.41) is 2.69. The molecule has 1 aliphatic rings. The lowest BCUT2D eigenvalue weighted by molar-refractivity contribution is -0.137. The van der Waals surface area contributed by atoms with Crippen LogP contribution in [-0.2, 0) is 11.0 Å². The number of amides is 1. The molecule has 2 aromatic rings. The van der Waals surface area contributed by atoms with Crippen LogP contribution < -0.4 is 10.1 Å². The lowest BCUT2D eigenvalue weighted by atomic mass is 9.84. The molecule has 0 bridgehead atoms. The van der Waals surface area contributed by atoms with E-state index in [1.54, 1.807) is 0 Å². The maximum absolute atomic E-state index is 13.1. The van der Waals surface area contributed by atoms with Crippen molar-refractivity contribution < 1.29 is 22.7 Å². The van der Waals surface area contributed by atoms with E-state index in [2.05, 4.69) is 5.32 Å². The van der Waals surface area contributed by atoms with Gasteiger partial charge in [-0.25, -0.2) is 0 Å². The molecule has 0 spiro atoms. The van der Waals surface area contributed by atoms with Crippen molar-refractivity contribution in [3.8, 4) is 5.75 Å². The molecular formula is C21H22F3NO2. The summed E-state index contributed by atoms with van der Waals surface area (Å²) in [7, 11) is 1.30. The monoisotopic (exact) mass is 377 g/mol. The van der Waals surface area contributed by atoms with Crippen molar-refractivity contribution in [3.05, 3.63) is 59.7 Å². The van der Waals surface area contributed by atoms with Gasteiger partial charge in [-0.2, -0.15) is 13.2 Å². The number of rotatable bonds is 5. The fourth-order valence-electron chi connectivity index (χ4n) is 3.76. The van der Waals surface area contributed by atoms with Crippen LogP contribution in [0.3, 0.4) is 0 Å². The second-order valence-corrected chi connectivity index (χ2v) is 6.87. The molecule has 0 aromatic heterocycles. The molecule has 1 fully saturated rings. The third-order valence-electron chi connectivity index (χ3n) is 5.05. The smallest absolute Gasteiger partial charge is 0.416 e. The van der Waals surface area contributed by atoms with Crippen LogP contribution in [0.2, 0.25) is 0 Å². The molecule has 27 heavy (non-hydrogen) atoms. The minimum absolute atomic E-state index is 0.0530. The topological polar surface area (TPSA) is 38.3 Å². The third kappa shape index (κ3) is 4.62. The number of carbonyl (C=O) groups is 1. The molecule has 1 atom stereocenters. The molecule has 1 amide bonds. The normalized spacial score (nSPS) is 16.1. The van der Waals surface area contributed by atoms with Crippen LogP contribution in [0, 0.1) is 5.92 Å². The first-order valence-electron chi connectivity index (χ1n) is 9.00. The Hall–Kier alpha value is -2.50. The van der Waals surface area contributed by atoms with Gasteiger partial charge in [0.05, 0.1) is 18.6 Å². The van der Waals surface area contributed by atoms with Crippen molar-refractivity contribution in [1.82, 2.24) is 0 Å². The Morgan fingerprint density at radius 2 is 1.78 bits per heavy atom. The average Bonchev–Trinajstić information content (AvgIpc) is 3.16. The average molecular weight is 377 g/mol. The second kappa shape index (κ2) is 8.03. The van der Waals surface area contributed by atoms with Gasteiger partial charge in [0.25, 0.3) is 0 Å². The van der Waals surface area contributed by atoms with E-state index in [9.17, 15) is 18.0 Å². The molecule has 6 heteroatoms. The third-order valence-corrected chi connectivity index (χ3v) is 5.05. The first-order valence-corrected chi connectivity index (χ1v) is 9.00.